The van der Waals surface area contributed by atoms with Gasteiger partial charge in [0, 0.05) is 17.0 Å². The van der Waals surface area contributed by atoms with Gasteiger partial charge in [0.15, 0.2) is 0 Å². The molecule has 0 aliphatic rings. The van der Waals surface area contributed by atoms with E-state index in [0.717, 1.165) is 24.2 Å². The summed E-state index contributed by atoms with van der Waals surface area (Å²) in [7, 11) is 0. The van der Waals surface area contributed by atoms with E-state index in [1.54, 1.807) is 18.3 Å². The number of amides is 1. The first-order valence-corrected chi connectivity index (χ1v) is 6.84. The van der Waals surface area contributed by atoms with E-state index in [-0.39, 0.29) is 5.91 Å². The molecule has 0 spiro atoms. The largest absolute Gasteiger partial charge is 0.321 e. The number of rotatable bonds is 5. The number of aryl methyl sites for hydroxylation is 2. The van der Waals surface area contributed by atoms with Gasteiger partial charge in [0.25, 0.3) is 5.91 Å². The molecule has 4 N–H and O–H groups in total. The van der Waals surface area contributed by atoms with Crippen molar-refractivity contribution in [2.24, 2.45) is 5.84 Å². The van der Waals surface area contributed by atoms with Crippen LogP contribution in [0.3, 0.4) is 0 Å². The van der Waals surface area contributed by atoms with Crippen LogP contribution in [-0.2, 0) is 6.42 Å². The van der Waals surface area contributed by atoms with Gasteiger partial charge < -0.3 is 10.7 Å². The molecule has 0 saturated carbocycles. The van der Waals surface area contributed by atoms with Gasteiger partial charge in [-0.2, -0.15) is 0 Å². The highest BCUT2D eigenvalue weighted by Crippen LogP contribution is 2.14. The number of nitrogens with one attached hydrogen (secondary N) is 2. The fourth-order valence-corrected chi connectivity index (χ4v) is 1.92. The predicted octanol–water partition coefficient (Wildman–Crippen LogP) is 2.28. The zero-order chi connectivity index (χ0) is 15.2. The summed E-state index contributed by atoms with van der Waals surface area (Å²) < 4.78 is 0. The van der Waals surface area contributed by atoms with E-state index in [0.29, 0.717) is 17.1 Å². The standard InChI is InChI=1S/C15H19N5O/c1-3-4-12-7-11(8-14(18-12)20-16)15(21)19-13-6-5-10(2)17-9-13/h5-9H,3-4,16H2,1-2H3,(H,18,20)(H,19,21). The summed E-state index contributed by atoms with van der Waals surface area (Å²) in [5.74, 6) is 5.67. The number of hydrazine groups is 1. The Hall–Kier alpha value is -2.47. The van der Waals surface area contributed by atoms with Crippen LogP contribution in [0.5, 0.6) is 0 Å². The molecule has 21 heavy (non-hydrogen) atoms. The molecular formula is C15H19N5O. The Morgan fingerprint density at radius 1 is 1.33 bits per heavy atom. The Bertz CT molecular complexity index is 624. The van der Waals surface area contributed by atoms with Crippen LogP contribution in [0.25, 0.3) is 0 Å². The maximum absolute atomic E-state index is 12.3. The lowest BCUT2D eigenvalue weighted by atomic mass is 10.1. The minimum atomic E-state index is -0.211. The van der Waals surface area contributed by atoms with E-state index in [9.17, 15) is 4.79 Å². The second kappa shape index (κ2) is 6.81. The van der Waals surface area contributed by atoms with Crippen LogP contribution in [0.2, 0.25) is 0 Å². The van der Waals surface area contributed by atoms with Crippen LogP contribution >= 0.6 is 0 Å². The minimum Gasteiger partial charge on any atom is -0.321 e. The van der Waals surface area contributed by atoms with Gasteiger partial charge in [0.1, 0.15) is 5.82 Å². The highest BCUT2D eigenvalue weighted by Gasteiger charge is 2.10. The lowest BCUT2D eigenvalue weighted by Gasteiger charge is -2.09. The van der Waals surface area contributed by atoms with Crippen LogP contribution < -0.4 is 16.6 Å². The van der Waals surface area contributed by atoms with Crippen molar-refractivity contribution in [1.29, 1.82) is 0 Å². The van der Waals surface area contributed by atoms with Gasteiger partial charge in [-0.25, -0.2) is 10.8 Å². The second-order valence-electron chi connectivity index (χ2n) is 4.77. The van der Waals surface area contributed by atoms with Gasteiger partial charge in [-0.1, -0.05) is 13.3 Å². The molecule has 6 heteroatoms. The van der Waals surface area contributed by atoms with Crippen LogP contribution in [0.1, 0.15) is 35.1 Å². The quantitative estimate of drug-likeness (QED) is 0.579. The molecule has 0 unspecified atom stereocenters. The fraction of sp³-hybridized carbons (Fsp3) is 0.267. The Morgan fingerprint density at radius 2 is 2.14 bits per heavy atom. The molecule has 0 aliphatic heterocycles. The predicted molar refractivity (Wildman–Crippen MR) is 83.0 cm³/mol. The fourth-order valence-electron chi connectivity index (χ4n) is 1.92. The van der Waals surface area contributed by atoms with Gasteiger partial charge in [0.2, 0.25) is 0 Å². The van der Waals surface area contributed by atoms with Crippen LogP contribution in [0.4, 0.5) is 11.5 Å². The van der Waals surface area contributed by atoms with Crippen molar-refractivity contribution in [3.63, 3.8) is 0 Å². The Balaban J connectivity index is 2.21. The summed E-state index contributed by atoms with van der Waals surface area (Å²) in [5.41, 5.74) is 5.39. The highest BCUT2D eigenvalue weighted by atomic mass is 16.1. The first kappa shape index (κ1) is 14.9. The molecule has 0 bridgehead atoms. The Labute approximate surface area is 123 Å². The molecule has 0 atom stereocenters. The average Bonchev–Trinajstić information content (AvgIpc) is 2.49. The summed E-state index contributed by atoms with van der Waals surface area (Å²) >= 11 is 0. The van der Waals surface area contributed by atoms with E-state index in [1.807, 2.05) is 19.1 Å². The highest BCUT2D eigenvalue weighted by molar-refractivity contribution is 6.04. The van der Waals surface area contributed by atoms with Crippen molar-refractivity contribution < 1.29 is 4.79 Å². The number of nitrogens with zero attached hydrogens (tertiary/aromatic N) is 2. The molecule has 2 rings (SSSR count). The average molecular weight is 285 g/mol. The van der Waals surface area contributed by atoms with E-state index in [4.69, 9.17) is 5.84 Å². The molecule has 0 aliphatic carbocycles. The molecule has 0 aromatic carbocycles. The van der Waals surface area contributed by atoms with Gasteiger partial charge in [0.05, 0.1) is 11.9 Å². The van der Waals surface area contributed by atoms with Crippen molar-refractivity contribution in [3.8, 4) is 0 Å². The summed E-state index contributed by atoms with van der Waals surface area (Å²) in [6, 6.07) is 7.06. The van der Waals surface area contributed by atoms with Crippen molar-refractivity contribution in [1.82, 2.24) is 9.97 Å². The molecule has 2 heterocycles. The van der Waals surface area contributed by atoms with Crippen LogP contribution in [0.15, 0.2) is 30.5 Å². The maximum atomic E-state index is 12.3. The summed E-state index contributed by atoms with van der Waals surface area (Å²) in [6.07, 6.45) is 3.37. The lowest BCUT2D eigenvalue weighted by Crippen LogP contribution is -2.15. The second-order valence-corrected chi connectivity index (χ2v) is 4.77. The van der Waals surface area contributed by atoms with Gasteiger partial charge in [-0.15, -0.1) is 0 Å². The number of aromatic nitrogens is 2. The number of nitrogens with two attached hydrogens (primary N) is 1. The monoisotopic (exact) mass is 285 g/mol. The number of carbonyl (C=O) groups excluding carboxylic acids is 1. The number of pyridine rings is 2. The zero-order valence-corrected chi connectivity index (χ0v) is 12.2. The van der Waals surface area contributed by atoms with Crippen LogP contribution in [0, 0.1) is 6.92 Å². The van der Waals surface area contributed by atoms with Gasteiger partial charge in [-0.05, 0) is 37.6 Å². The lowest BCUT2D eigenvalue weighted by molar-refractivity contribution is 0.102. The number of hydrogen-bond donors (Lipinski definition) is 3. The molecule has 0 radical (unpaired) electrons. The summed E-state index contributed by atoms with van der Waals surface area (Å²) in [4.78, 5) is 20.7. The molecule has 110 valence electrons. The molecule has 6 nitrogen and oxygen atoms in total. The maximum Gasteiger partial charge on any atom is 0.255 e. The molecule has 2 aromatic rings. The van der Waals surface area contributed by atoms with Crippen molar-refractivity contribution in [2.75, 3.05) is 10.7 Å². The third-order valence-corrected chi connectivity index (χ3v) is 2.96. The van der Waals surface area contributed by atoms with E-state index in [2.05, 4.69) is 27.6 Å². The number of anilines is 2. The van der Waals surface area contributed by atoms with E-state index < -0.39 is 0 Å². The van der Waals surface area contributed by atoms with Crippen molar-refractivity contribution in [2.45, 2.75) is 26.7 Å². The topological polar surface area (TPSA) is 92.9 Å². The van der Waals surface area contributed by atoms with E-state index in [1.165, 1.54) is 0 Å². The Kier molecular flexibility index (Phi) is 4.84. The molecule has 0 fully saturated rings. The van der Waals surface area contributed by atoms with Crippen molar-refractivity contribution in [3.05, 3.63) is 47.4 Å². The SMILES string of the molecule is CCCc1cc(C(=O)Nc2ccc(C)nc2)cc(NN)n1. The Morgan fingerprint density at radius 3 is 2.76 bits per heavy atom. The molecule has 2 aromatic heterocycles. The minimum absolute atomic E-state index is 0.211. The first-order chi connectivity index (χ1) is 10.1. The molecule has 0 saturated heterocycles. The zero-order valence-electron chi connectivity index (χ0n) is 12.2. The van der Waals surface area contributed by atoms with Gasteiger partial charge in [-0.3, -0.25) is 9.78 Å². The third kappa shape index (κ3) is 4.00. The number of nitrogen functional groups attached to an aromatic ring is 1. The van der Waals surface area contributed by atoms with Crippen molar-refractivity contribution >= 4 is 17.4 Å². The van der Waals surface area contributed by atoms with E-state index >= 15 is 0 Å². The van der Waals surface area contributed by atoms with Crippen LogP contribution in [-0.4, -0.2) is 15.9 Å². The normalized spacial score (nSPS) is 10.2. The van der Waals surface area contributed by atoms with Gasteiger partial charge >= 0.3 is 0 Å². The smallest absolute Gasteiger partial charge is 0.255 e. The summed E-state index contributed by atoms with van der Waals surface area (Å²) in [6.45, 7) is 3.95. The summed E-state index contributed by atoms with van der Waals surface area (Å²) in [5, 5.41) is 2.81. The third-order valence-electron chi connectivity index (χ3n) is 2.96. The molecule has 1 amide bonds. The number of hydrogen-bond acceptors (Lipinski definition) is 5. The number of carbonyl (C=O) groups is 1. The molecular weight excluding hydrogens is 266 g/mol. The first-order valence-electron chi connectivity index (χ1n) is 6.84.